The van der Waals surface area contributed by atoms with Gasteiger partial charge in [-0.05, 0) is 13.0 Å². The van der Waals surface area contributed by atoms with Crippen LogP contribution in [0.5, 0.6) is 0 Å². The molecule has 0 spiro atoms. The lowest BCUT2D eigenvalue weighted by molar-refractivity contribution is 0.103. The summed E-state index contributed by atoms with van der Waals surface area (Å²) in [4.78, 5) is 38.8. The summed E-state index contributed by atoms with van der Waals surface area (Å²) in [6.07, 6.45) is 0. The minimum Gasteiger partial charge on any atom is -0.422 e. The Labute approximate surface area is 118 Å². The quantitative estimate of drug-likeness (QED) is 0.729. The Hall–Kier alpha value is -2.95. The van der Waals surface area contributed by atoms with Crippen molar-refractivity contribution in [1.29, 1.82) is 0 Å². The zero-order chi connectivity index (χ0) is 15.0. The van der Waals surface area contributed by atoms with E-state index in [2.05, 4.69) is 4.98 Å². The highest BCUT2D eigenvalue weighted by Crippen LogP contribution is 2.12. The summed E-state index contributed by atoms with van der Waals surface area (Å²) in [6, 6.07) is 11.2. The molecule has 0 bridgehead atoms. The van der Waals surface area contributed by atoms with Crippen molar-refractivity contribution in [2.24, 2.45) is 0 Å². The summed E-state index contributed by atoms with van der Waals surface area (Å²) in [5.41, 5.74) is -0.170. The molecule has 0 atom stereocenters. The Balaban J connectivity index is 2.25. The fourth-order valence-corrected chi connectivity index (χ4v) is 2.15. The molecule has 0 amide bonds. The molecule has 21 heavy (non-hydrogen) atoms. The largest absolute Gasteiger partial charge is 0.422 e. The SMILES string of the molecule is Cc1cc2oc(=O)c(C(=O)c3ccccc3)cc2c(=O)[nH]1. The third kappa shape index (κ3) is 2.29. The number of fused-ring (bicyclic) bond motifs is 1. The summed E-state index contributed by atoms with van der Waals surface area (Å²) < 4.78 is 5.10. The van der Waals surface area contributed by atoms with Crippen LogP contribution in [0.25, 0.3) is 11.0 Å². The molecule has 5 heteroatoms. The molecule has 0 unspecified atom stereocenters. The molecule has 2 heterocycles. The molecular formula is C16H11NO4. The molecule has 0 fully saturated rings. The van der Waals surface area contributed by atoms with E-state index < -0.39 is 17.0 Å². The van der Waals surface area contributed by atoms with Crippen LogP contribution >= 0.6 is 0 Å². The second-order valence-corrected chi connectivity index (χ2v) is 4.70. The smallest absolute Gasteiger partial charge is 0.347 e. The summed E-state index contributed by atoms with van der Waals surface area (Å²) >= 11 is 0. The molecule has 3 aromatic rings. The molecule has 0 radical (unpaired) electrons. The molecule has 5 nitrogen and oxygen atoms in total. The van der Waals surface area contributed by atoms with Gasteiger partial charge in [0.25, 0.3) is 5.56 Å². The van der Waals surface area contributed by atoms with E-state index in [9.17, 15) is 14.4 Å². The average Bonchev–Trinajstić information content (AvgIpc) is 2.46. The number of hydrogen-bond donors (Lipinski definition) is 1. The molecule has 3 rings (SSSR count). The summed E-state index contributed by atoms with van der Waals surface area (Å²) in [5.74, 6) is -0.466. The molecule has 0 saturated carbocycles. The van der Waals surface area contributed by atoms with Crippen LogP contribution in [0.3, 0.4) is 0 Å². The van der Waals surface area contributed by atoms with Crippen LogP contribution in [0.2, 0.25) is 0 Å². The van der Waals surface area contributed by atoms with Crippen LogP contribution in [0.4, 0.5) is 0 Å². The fourth-order valence-electron chi connectivity index (χ4n) is 2.15. The maximum atomic E-state index is 12.3. The molecule has 0 aliphatic rings. The lowest BCUT2D eigenvalue weighted by Gasteiger charge is -2.02. The number of hydrogen-bond acceptors (Lipinski definition) is 4. The number of aromatic nitrogens is 1. The lowest BCUT2D eigenvalue weighted by atomic mass is 10.0. The molecule has 1 N–H and O–H groups in total. The molecule has 104 valence electrons. The standard InChI is InChI=1S/C16H11NO4/c1-9-7-13-11(15(19)17-9)8-12(16(20)21-13)14(18)10-5-3-2-4-6-10/h2-8H,1H3,(H,17,19). The van der Waals surface area contributed by atoms with Crippen molar-refractivity contribution in [1.82, 2.24) is 4.98 Å². The van der Waals surface area contributed by atoms with Crippen LogP contribution < -0.4 is 11.2 Å². The number of ketones is 1. The lowest BCUT2D eigenvalue weighted by Crippen LogP contribution is -2.17. The van der Waals surface area contributed by atoms with Crippen molar-refractivity contribution in [2.45, 2.75) is 6.92 Å². The van der Waals surface area contributed by atoms with Crippen LogP contribution in [-0.2, 0) is 0 Å². The predicted octanol–water partition coefficient (Wildman–Crippen LogP) is 2.02. The van der Waals surface area contributed by atoms with E-state index in [1.165, 1.54) is 6.07 Å². The molecule has 2 aromatic heterocycles. The van der Waals surface area contributed by atoms with Gasteiger partial charge in [-0.3, -0.25) is 9.59 Å². The normalized spacial score (nSPS) is 10.7. The van der Waals surface area contributed by atoms with Gasteiger partial charge in [0.2, 0.25) is 0 Å². The Morgan fingerprint density at radius 3 is 2.52 bits per heavy atom. The van der Waals surface area contributed by atoms with Gasteiger partial charge in [0.1, 0.15) is 11.1 Å². The van der Waals surface area contributed by atoms with Gasteiger partial charge in [0, 0.05) is 17.3 Å². The first-order chi connectivity index (χ1) is 10.1. The Morgan fingerprint density at radius 1 is 1.10 bits per heavy atom. The van der Waals surface area contributed by atoms with Crippen molar-refractivity contribution in [3.8, 4) is 0 Å². The first kappa shape index (κ1) is 13.1. The van der Waals surface area contributed by atoms with Gasteiger partial charge in [-0.25, -0.2) is 4.79 Å². The minimum atomic E-state index is -0.749. The van der Waals surface area contributed by atoms with Crippen molar-refractivity contribution < 1.29 is 9.21 Å². The van der Waals surface area contributed by atoms with Crippen molar-refractivity contribution in [2.75, 3.05) is 0 Å². The van der Waals surface area contributed by atoms with Crippen molar-refractivity contribution >= 4 is 16.8 Å². The van der Waals surface area contributed by atoms with E-state index >= 15 is 0 Å². The third-order valence-corrected chi connectivity index (χ3v) is 3.16. The number of aryl methyl sites for hydroxylation is 1. The van der Waals surface area contributed by atoms with Crippen molar-refractivity contribution in [3.05, 3.63) is 80.1 Å². The number of H-pyrrole nitrogens is 1. The molecule has 0 aliphatic carbocycles. The van der Waals surface area contributed by atoms with Crippen LogP contribution in [-0.4, -0.2) is 10.8 Å². The first-order valence-electron chi connectivity index (χ1n) is 6.34. The number of rotatable bonds is 2. The van der Waals surface area contributed by atoms with E-state index in [1.807, 2.05) is 0 Å². The second-order valence-electron chi connectivity index (χ2n) is 4.70. The number of carbonyl (C=O) groups is 1. The van der Waals surface area contributed by atoms with Crippen LogP contribution in [0, 0.1) is 6.92 Å². The van der Waals surface area contributed by atoms with Crippen molar-refractivity contribution in [3.63, 3.8) is 0 Å². The van der Waals surface area contributed by atoms with E-state index in [0.29, 0.717) is 11.3 Å². The zero-order valence-corrected chi connectivity index (χ0v) is 11.2. The van der Waals surface area contributed by atoms with Gasteiger partial charge in [0.15, 0.2) is 5.78 Å². The minimum absolute atomic E-state index is 0.150. The predicted molar refractivity (Wildman–Crippen MR) is 77.7 cm³/mol. The van der Waals surface area contributed by atoms with E-state index in [0.717, 1.165) is 0 Å². The number of benzene rings is 1. The summed E-state index contributed by atoms with van der Waals surface area (Å²) in [7, 11) is 0. The Kier molecular flexibility index (Phi) is 3.02. The Bertz CT molecular complexity index is 951. The topological polar surface area (TPSA) is 80.1 Å². The summed E-state index contributed by atoms with van der Waals surface area (Å²) in [5, 5.41) is 0.180. The van der Waals surface area contributed by atoms with Gasteiger partial charge in [-0.2, -0.15) is 0 Å². The maximum Gasteiger partial charge on any atom is 0.347 e. The monoisotopic (exact) mass is 281 g/mol. The number of pyridine rings is 1. The first-order valence-corrected chi connectivity index (χ1v) is 6.34. The highest BCUT2D eigenvalue weighted by atomic mass is 16.4. The number of carbonyl (C=O) groups excluding carboxylic acids is 1. The van der Waals surface area contributed by atoms with Gasteiger partial charge < -0.3 is 9.40 Å². The highest BCUT2D eigenvalue weighted by molar-refractivity contribution is 6.09. The second kappa shape index (κ2) is 4.86. The van der Waals surface area contributed by atoms with Crippen LogP contribution in [0.15, 0.2) is 56.5 Å². The van der Waals surface area contributed by atoms with Gasteiger partial charge >= 0.3 is 5.63 Å². The summed E-state index contributed by atoms with van der Waals surface area (Å²) in [6.45, 7) is 1.68. The number of nitrogens with one attached hydrogen (secondary N) is 1. The van der Waals surface area contributed by atoms with E-state index in [1.54, 1.807) is 43.3 Å². The van der Waals surface area contributed by atoms with Gasteiger partial charge in [0.05, 0.1) is 5.39 Å². The number of aromatic amines is 1. The molecule has 0 aliphatic heterocycles. The van der Waals surface area contributed by atoms with E-state index in [-0.39, 0.29) is 16.5 Å². The fraction of sp³-hybridized carbons (Fsp3) is 0.0625. The van der Waals surface area contributed by atoms with Gasteiger partial charge in [-0.15, -0.1) is 0 Å². The molecular weight excluding hydrogens is 270 g/mol. The molecule has 1 aromatic carbocycles. The molecule has 0 saturated heterocycles. The highest BCUT2D eigenvalue weighted by Gasteiger charge is 2.16. The zero-order valence-electron chi connectivity index (χ0n) is 11.2. The van der Waals surface area contributed by atoms with E-state index in [4.69, 9.17) is 4.42 Å². The van der Waals surface area contributed by atoms with Gasteiger partial charge in [-0.1, -0.05) is 30.3 Å². The van der Waals surface area contributed by atoms with Crippen LogP contribution in [0.1, 0.15) is 21.6 Å². The Morgan fingerprint density at radius 2 is 1.81 bits per heavy atom. The third-order valence-electron chi connectivity index (χ3n) is 3.16. The maximum absolute atomic E-state index is 12.3. The average molecular weight is 281 g/mol.